The quantitative estimate of drug-likeness (QED) is 0.670. The van der Waals surface area contributed by atoms with Gasteiger partial charge in [0.1, 0.15) is 5.76 Å². The SMILES string of the molecule is C[C@H](NCc1cc(Br)cc([N+](=O)[O-])c1)c1ccco1. The molecular formula is C13H13BrN2O3. The minimum atomic E-state index is -0.399. The van der Waals surface area contributed by atoms with Gasteiger partial charge in [-0.3, -0.25) is 10.1 Å². The third-order valence-corrected chi connectivity index (χ3v) is 3.19. The molecule has 2 aromatic rings. The highest BCUT2D eigenvalue weighted by Crippen LogP contribution is 2.22. The van der Waals surface area contributed by atoms with Crippen molar-refractivity contribution in [3.63, 3.8) is 0 Å². The highest BCUT2D eigenvalue weighted by atomic mass is 79.9. The number of non-ortho nitro benzene ring substituents is 1. The Morgan fingerprint density at radius 2 is 2.26 bits per heavy atom. The van der Waals surface area contributed by atoms with E-state index in [-0.39, 0.29) is 11.7 Å². The molecule has 1 aromatic carbocycles. The number of nitrogens with one attached hydrogen (secondary N) is 1. The maximum Gasteiger partial charge on any atom is 0.270 e. The van der Waals surface area contributed by atoms with Crippen LogP contribution in [0.1, 0.15) is 24.3 Å². The van der Waals surface area contributed by atoms with Crippen molar-refractivity contribution < 1.29 is 9.34 Å². The van der Waals surface area contributed by atoms with Crippen LogP contribution in [0.25, 0.3) is 0 Å². The van der Waals surface area contributed by atoms with Crippen LogP contribution in [0.5, 0.6) is 0 Å². The summed E-state index contributed by atoms with van der Waals surface area (Å²) in [7, 11) is 0. The molecule has 0 unspecified atom stereocenters. The number of furan rings is 1. The summed E-state index contributed by atoms with van der Waals surface area (Å²) in [5, 5.41) is 14.0. The van der Waals surface area contributed by atoms with E-state index in [4.69, 9.17) is 4.42 Å². The van der Waals surface area contributed by atoms with Gasteiger partial charge in [0.05, 0.1) is 17.2 Å². The number of nitrogens with zero attached hydrogens (tertiary/aromatic N) is 1. The van der Waals surface area contributed by atoms with Crippen LogP contribution >= 0.6 is 15.9 Å². The third-order valence-electron chi connectivity index (χ3n) is 2.74. The van der Waals surface area contributed by atoms with Gasteiger partial charge in [-0.15, -0.1) is 0 Å². The van der Waals surface area contributed by atoms with Crippen molar-refractivity contribution in [2.75, 3.05) is 0 Å². The van der Waals surface area contributed by atoms with Gasteiger partial charge in [-0.05, 0) is 30.7 Å². The number of nitro groups is 1. The van der Waals surface area contributed by atoms with Crippen molar-refractivity contribution >= 4 is 21.6 Å². The zero-order valence-corrected chi connectivity index (χ0v) is 11.9. The summed E-state index contributed by atoms with van der Waals surface area (Å²) >= 11 is 3.28. The predicted molar refractivity (Wildman–Crippen MR) is 74.8 cm³/mol. The lowest BCUT2D eigenvalue weighted by Gasteiger charge is -2.11. The third kappa shape index (κ3) is 3.65. The Bertz CT molecular complexity index is 569. The van der Waals surface area contributed by atoms with Crippen molar-refractivity contribution in [3.8, 4) is 0 Å². The molecule has 0 bridgehead atoms. The van der Waals surface area contributed by atoms with Gasteiger partial charge in [0, 0.05) is 23.2 Å². The van der Waals surface area contributed by atoms with E-state index in [1.54, 1.807) is 12.3 Å². The topological polar surface area (TPSA) is 68.3 Å². The molecule has 0 radical (unpaired) electrons. The lowest BCUT2D eigenvalue weighted by Crippen LogP contribution is -2.17. The number of benzene rings is 1. The van der Waals surface area contributed by atoms with Gasteiger partial charge in [-0.25, -0.2) is 0 Å². The Morgan fingerprint density at radius 3 is 2.89 bits per heavy atom. The maximum absolute atomic E-state index is 10.8. The summed E-state index contributed by atoms with van der Waals surface area (Å²) in [6.07, 6.45) is 1.62. The first-order chi connectivity index (χ1) is 9.06. The number of nitro benzene ring substituents is 1. The highest BCUT2D eigenvalue weighted by molar-refractivity contribution is 9.10. The second kappa shape index (κ2) is 5.99. The number of halogens is 1. The molecule has 1 aromatic heterocycles. The molecule has 1 heterocycles. The van der Waals surface area contributed by atoms with E-state index in [9.17, 15) is 10.1 Å². The van der Waals surface area contributed by atoms with Gasteiger partial charge in [0.15, 0.2) is 0 Å². The largest absolute Gasteiger partial charge is 0.468 e. The summed E-state index contributed by atoms with van der Waals surface area (Å²) in [4.78, 5) is 10.4. The van der Waals surface area contributed by atoms with Crippen LogP contribution in [-0.2, 0) is 6.54 Å². The summed E-state index contributed by atoms with van der Waals surface area (Å²) in [6, 6.07) is 8.67. The van der Waals surface area contributed by atoms with E-state index in [0.717, 1.165) is 11.3 Å². The summed E-state index contributed by atoms with van der Waals surface area (Å²) in [6.45, 7) is 2.51. The fourth-order valence-electron chi connectivity index (χ4n) is 1.75. The molecule has 0 spiro atoms. The molecule has 100 valence electrons. The molecule has 0 aliphatic carbocycles. The van der Waals surface area contributed by atoms with Crippen LogP contribution < -0.4 is 5.32 Å². The van der Waals surface area contributed by atoms with Gasteiger partial charge < -0.3 is 9.73 Å². The molecular weight excluding hydrogens is 312 g/mol. The minimum absolute atomic E-state index is 0.0491. The van der Waals surface area contributed by atoms with Gasteiger partial charge in [0.25, 0.3) is 5.69 Å². The fourth-order valence-corrected chi connectivity index (χ4v) is 2.28. The van der Waals surface area contributed by atoms with Crippen LogP contribution in [0.2, 0.25) is 0 Å². The fraction of sp³-hybridized carbons (Fsp3) is 0.231. The first kappa shape index (κ1) is 13.8. The average molecular weight is 325 g/mol. The van der Waals surface area contributed by atoms with Crippen LogP contribution in [-0.4, -0.2) is 4.92 Å². The molecule has 0 aliphatic rings. The minimum Gasteiger partial charge on any atom is -0.468 e. The first-order valence-electron chi connectivity index (χ1n) is 5.77. The van der Waals surface area contributed by atoms with E-state index >= 15 is 0 Å². The molecule has 0 saturated carbocycles. The van der Waals surface area contributed by atoms with Gasteiger partial charge in [0.2, 0.25) is 0 Å². The number of hydrogen-bond acceptors (Lipinski definition) is 4. The highest BCUT2D eigenvalue weighted by Gasteiger charge is 2.11. The van der Waals surface area contributed by atoms with Crippen molar-refractivity contribution in [1.29, 1.82) is 0 Å². The van der Waals surface area contributed by atoms with E-state index < -0.39 is 4.92 Å². The van der Waals surface area contributed by atoms with Crippen molar-refractivity contribution in [3.05, 3.63) is 62.5 Å². The first-order valence-corrected chi connectivity index (χ1v) is 6.56. The Morgan fingerprint density at radius 1 is 1.47 bits per heavy atom. The summed E-state index contributed by atoms with van der Waals surface area (Å²) in [5.74, 6) is 0.837. The van der Waals surface area contributed by atoms with Gasteiger partial charge in [-0.2, -0.15) is 0 Å². The maximum atomic E-state index is 10.8. The Hall–Kier alpha value is -1.66. The lowest BCUT2D eigenvalue weighted by molar-refractivity contribution is -0.385. The Kier molecular flexibility index (Phi) is 4.34. The van der Waals surface area contributed by atoms with E-state index in [2.05, 4.69) is 21.2 Å². The summed E-state index contributed by atoms with van der Waals surface area (Å²) in [5.41, 5.74) is 0.927. The van der Waals surface area contributed by atoms with Crippen LogP contribution in [0.4, 0.5) is 5.69 Å². The van der Waals surface area contributed by atoms with Crippen LogP contribution in [0.3, 0.4) is 0 Å². The second-order valence-corrected chi connectivity index (χ2v) is 5.11. The molecule has 0 saturated heterocycles. The van der Waals surface area contributed by atoms with Crippen LogP contribution in [0, 0.1) is 10.1 Å². The monoisotopic (exact) mass is 324 g/mol. The van der Waals surface area contributed by atoms with Crippen molar-refractivity contribution in [2.24, 2.45) is 0 Å². The molecule has 1 atom stereocenters. The predicted octanol–water partition coefficient (Wildman–Crippen LogP) is 3.80. The molecule has 5 nitrogen and oxygen atoms in total. The van der Waals surface area contributed by atoms with E-state index in [1.165, 1.54) is 6.07 Å². The standard InChI is InChI=1S/C13H13BrN2O3/c1-9(13-3-2-4-19-13)15-8-10-5-11(14)7-12(6-10)16(17)18/h2-7,9,15H,8H2,1H3/t9-/m0/s1. The zero-order valence-electron chi connectivity index (χ0n) is 10.3. The molecule has 0 aliphatic heterocycles. The molecule has 19 heavy (non-hydrogen) atoms. The normalized spacial score (nSPS) is 12.3. The van der Waals surface area contributed by atoms with Crippen molar-refractivity contribution in [2.45, 2.75) is 19.5 Å². The summed E-state index contributed by atoms with van der Waals surface area (Å²) < 4.78 is 5.99. The Balaban J connectivity index is 2.05. The number of rotatable bonds is 5. The van der Waals surface area contributed by atoms with Gasteiger partial charge >= 0.3 is 0 Å². The van der Waals surface area contributed by atoms with Gasteiger partial charge in [-0.1, -0.05) is 15.9 Å². The van der Waals surface area contributed by atoms with Crippen LogP contribution in [0.15, 0.2) is 45.5 Å². The molecule has 6 heteroatoms. The molecule has 0 amide bonds. The smallest absolute Gasteiger partial charge is 0.270 e. The lowest BCUT2D eigenvalue weighted by atomic mass is 10.2. The van der Waals surface area contributed by atoms with E-state index in [0.29, 0.717) is 11.0 Å². The molecule has 1 N–H and O–H groups in total. The molecule has 0 fully saturated rings. The number of hydrogen-bond donors (Lipinski definition) is 1. The van der Waals surface area contributed by atoms with Crippen molar-refractivity contribution in [1.82, 2.24) is 5.32 Å². The Labute approximate surface area is 118 Å². The van der Waals surface area contributed by atoms with E-state index in [1.807, 2.05) is 25.1 Å². The average Bonchev–Trinajstić information content (AvgIpc) is 2.89. The second-order valence-electron chi connectivity index (χ2n) is 4.19. The molecule has 2 rings (SSSR count). The zero-order chi connectivity index (χ0) is 13.8.